The number of benzene rings is 2. The molecule has 0 radical (unpaired) electrons. The lowest BCUT2D eigenvalue weighted by Crippen LogP contribution is -2.17. The van der Waals surface area contributed by atoms with E-state index in [0.717, 1.165) is 19.5 Å². The molecule has 29 heavy (non-hydrogen) atoms. The average molecular weight is 391 g/mol. The lowest BCUT2D eigenvalue weighted by Gasteiger charge is -2.12. The highest BCUT2D eigenvalue weighted by atomic mass is 16.5. The molecule has 0 atom stereocenters. The molecule has 0 fully saturated rings. The van der Waals surface area contributed by atoms with Crippen molar-refractivity contribution in [2.75, 3.05) is 37.8 Å². The van der Waals surface area contributed by atoms with E-state index in [4.69, 9.17) is 4.74 Å². The van der Waals surface area contributed by atoms with Crippen LogP contribution in [0.1, 0.15) is 16.8 Å². The number of carbonyl (C=O) groups is 1. The predicted molar refractivity (Wildman–Crippen MR) is 115 cm³/mol. The SMILES string of the molecule is CN(C)CCCNc1ncc(C(=O)Nc2ccccc2Oc2ccccc2)cn1. The van der Waals surface area contributed by atoms with Gasteiger partial charge in [0.2, 0.25) is 5.95 Å². The van der Waals surface area contributed by atoms with Crippen LogP contribution in [0.25, 0.3) is 0 Å². The van der Waals surface area contributed by atoms with Crippen molar-refractivity contribution in [1.82, 2.24) is 14.9 Å². The molecule has 1 heterocycles. The van der Waals surface area contributed by atoms with Crippen LogP contribution < -0.4 is 15.4 Å². The maximum absolute atomic E-state index is 12.6. The molecule has 2 aromatic carbocycles. The number of nitrogens with one attached hydrogen (secondary N) is 2. The van der Waals surface area contributed by atoms with Crippen molar-refractivity contribution < 1.29 is 9.53 Å². The summed E-state index contributed by atoms with van der Waals surface area (Å²) in [6.07, 6.45) is 4.01. The third kappa shape index (κ3) is 6.29. The van der Waals surface area contributed by atoms with Gasteiger partial charge in [-0.2, -0.15) is 0 Å². The number of hydrogen-bond donors (Lipinski definition) is 2. The first kappa shape index (κ1) is 20.3. The number of carbonyl (C=O) groups excluding carboxylic acids is 1. The van der Waals surface area contributed by atoms with Gasteiger partial charge in [0.25, 0.3) is 5.91 Å². The first-order valence-corrected chi connectivity index (χ1v) is 9.46. The molecule has 7 heteroatoms. The van der Waals surface area contributed by atoms with Gasteiger partial charge in [0.1, 0.15) is 5.75 Å². The summed E-state index contributed by atoms with van der Waals surface area (Å²) in [7, 11) is 4.07. The fourth-order valence-electron chi connectivity index (χ4n) is 2.60. The third-order valence-electron chi connectivity index (χ3n) is 4.09. The third-order valence-corrected chi connectivity index (χ3v) is 4.09. The van der Waals surface area contributed by atoms with Gasteiger partial charge >= 0.3 is 0 Å². The van der Waals surface area contributed by atoms with Crippen molar-refractivity contribution in [3.8, 4) is 11.5 Å². The predicted octanol–water partition coefficient (Wildman–Crippen LogP) is 3.88. The van der Waals surface area contributed by atoms with Crippen molar-refractivity contribution in [2.45, 2.75) is 6.42 Å². The lowest BCUT2D eigenvalue weighted by atomic mass is 10.2. The highest BCUT2D eigenvalue weighted by Crippen LogP contribution is 2.29. The quantitative estimate of drug-likeness (QED) is 0.539. The Labute approximate surface area is 170 Å². The first-order chi connectivity index (χ1) is 14.1. The zero-order valence-corrected chi connectivity index (χ0v) is 16.6. The van der Waals surface area contributed by atoms with Crippen LogP contribution in [0.15, 0.2) is 67.0 Å². The molecule has 0 bridgehead atoms. The molecule has 2 N–H and O–H groups in total. The van der Waals surface area contributed by atoms with Crippen molar-refractivity contribution in [3.63, 3.8) is 0 Å². The molecule has 1 amide bonds. The number of rotatable bonds is 9. The Bertz CT molecular complexity index is 914. The first-order valence-electron chi connectivity index (χ1n) is 9.46. The van der Waals surface area contributed by atoms with Crippen LogP contribution in [0.4, 0.5) is 11.6 Å². The van der Waals surface area contributed by atoms with Crippen LogP contribution in [0.5, 0.6) is 11.5 Å². The summed E-state index contributed by atoms with van der Waals surface area (Å²) >= 11 is 0. The van der Waals surface area contributed by atoms with Gasteiger partial charge in [-0.25, -0.2) is 9.97 Å². The zero-order chi connectivity index (χ0) is 20.5. The van der Waals surface area contributed by atoms with E-state index in [1.807, 2.05) is 56.6 Å². The maximum atomic E-state index is 12.6. The van der Waals surface area contributed by atoms with E-state index < -0.39 is 0 Å². The normalized spacial score (nSPS) is 10.6. The molecule has 0 aliphatic carbocycles. The summed E-state index contributed by atoms with van der Waals surface area (Å²) < 4.78 is 5.88. The van der Waals surface area contributed by atoms with Crippen LogP contribution >= 0.6 is 0 Å². The van der Waals surface area contributed by atoms with Gasteiger partial charge in [0.15, 0.2) is 5.75 Å². The number of aromatic nitrogens is 2. The summed E-state index contributed by atoms with van der Waals surface area (Å²) in [5, 5.41) is 6.01. The monoisotopic (exact) mass is 391 g/mol. The van der Waals surface area contributed by atoms with Crippen molar-refractivity contribution >= 4 is 17.5 Å². The second-order valence-corrected chi connectivity index (χ2v) is 6.74. The Morgan fingerprint density at radius 3 is 2.41 bits per heavy atom. The number of nitrogens with zero attached hydrogens (tertiary/aromatic N) is 3. The van der Waals surface area contributed by atoms with Crippen LogP contribution in [-0.2, 0) is 0 Å². The van der Waals surface area contributed by atoms with Crippen molar-refractivity contribution in [3.05, 3.63) is 72.6 Å². The smallest absolute Gasteiger partial charge is 0.258 e. The van der Waals surface area contributed by atoms with Crippen LogP contribution in [-0.4, -0.2) is 48.0 Å². The van der Waals surface area contributed by atoms with Gasteiger partial charge in [0.05, 0.1) is 11.3 Å². The lowest BCUT2D eigenvalue weighted by molar-refractivity contribution is 0.102. The van der Waals surface area contributed by atoms with Gasteiger partial charge in [-0.3, -0.25) is 4.79 Å². The molecule has 0 saturated carbocycles. The van der Waals surface area contributed by atoms with Gasteiger partial charge < -0.3 is 20.3 Å². The largest absolute Gasteiger partial charge is 0.455 e. The number of amides is 1. The topological polar surface area (TPSA) is 79.4 Å². The summed E-state index contributed by atoms with van der Waals surface area (Å²) in [5.41, 5.74) is 0.950. The number of anilines is 2. The molecule has 0 spiro atoms. The van der Waals surface area contributed by atoms with E-state index in [1.165, 1.54) is 12.4 Å². The Balaban J connectivity index is 1.60. The molecule has 3 aromatic rings. The molecule has 150 valence electrons. The fraction of sp³-hybridized carbons (Fsp3) is 0.227. The number of hydrogen-bond acceptors (Lipinski definition) is 6. The van der Waals surface area contributed by atoms with E-state index in [2.05, 4.69) is 25.5 Å². The van der Waals surface area contributed by atoms with Crippen molar-refractivity contribution in [2.24, 2.45) is 0 Å². The van der Waals surface area contributed by atoms with Gasteiger partial charge in [0, 0.05) is 18.9 Å². The van der Waals surface area contributed by atoms with Gasteiger partial charge in [-0.15, -0.1) is 0 Å². The highest BCUT2D eigenvalue weighted by molar-refractivity contribution is 6.04. The molecule has 0 saturated heterocycles. The van der Waals surface area contributed by atoms with E-state index in [1.54, 1.807) is 12.1 Å². The Hall–Kier alpha value is -3.45. The summed E-state index contributed by atoms with van der Waals surface area (Å²) in [6.45, 7) is 1.76. The zero-order valence-electron chi connectivity index (χ0n) is 16.6. The maximum Gasteiger partial charge on any atom is 0.258 e. The number of ether oxygens (including phenoxy) is 1. The van der Waals surface area contributed by atoms with E-state index in [9.17, 15) is 4.79 Å². The van der Waals surface area contributed by atoms with E-state index in [0.29, 0.717) is 28.7 Å². The molecule has 0 aliphatic heterocycles. The molecule has 0 unspecified atom stereocenters. The Morgan fingerprint density at radius 2 is 1.69 bits per heavy atom. The van der Waals surface area contributed by atoms with Crippen LogP contribution in [0.2, 0.25) is 0 Å². The van der Waals surface area contributed by atoms with Gasteiger partial charge in [-0.1, -0.05) is 30.3 Å². The van der Waals surface area contributed by atoms with Crippen LogP contribution in [0, 0.1) is 0 Å². The molecule has 1 aromatic heterocycles. The molecule has 0 aliphatic rings. The average Bonchev–Trinajstić information content (AvgIpc) is 2.74. The molecular formula is C22H25N5O2. The minimum Gasteiger partial charge on any atom is -0.455 e. The Morgan fingerprint density at radius 1 is 1.00 bits per heavy atom. The van der Waals surface area contributed by atoms with Gasteiger partial charge in [-0.05, 0) is 51.3 Å². The summed E-state index contributed by atoms with van der Waals surface area (Å²) in [5.74, 6) is 1.47. The molecule has 7 nitrogen and oxygen atoms in total. The fourth-order valence-corrected chi connectivity index (χ4v) is 2.60. The standard InChI is InChI=1S/C22H25N5O2/c1-27(2)14-8-13-23-22-24-15-17(16-25-22)21(28)26-19-11-6-7-12-20(19)29-18-9-4-3-5-10-18/h3-7,9-12,15-16H,8,13-14H2,1-2H3,(H,26,28)(H,23,24,25). The summed E-state index contributed by atoms with van der Waals surface area (Å²) in [6, 6.07) is 16.7. The highest BCUT2D eigenvalue weighted by Gasteiger charge is 2.11. The molecule has 3 rings (SSSR count). The minimum atomic E-state index is -0.298. The summed E-state index contributed by atoms with van der Waals surface area (Å²) in [4.78, 5) is 23.2. The number of para-hydroxylation sites is 3. The second-order valence-electron chi connectivity index (χ2n) is 6.74. The minimum absolute atomic E-state index is 0.298. The Kier molecular flexibility index (Phi) is 7.13. The second kappa shape index (κ2) is 10.2. The van der Waals surface area contributed by atoms with E-state index >= 15 is 0 Å². The van der Waals surface area contributed by atoms with E-state index in [-0.39, 0.29) is 5.91 Å². The van der Waals surface area contributed by atoms with Crippen LogP contribution in [0.3, 0.4) is 0 Å². The molecular weight excluding hydrogens is 366 g/mol. The van der Waals surface area contributed by atoms with Crippen molar-refractivity contribution in [1.29, 1.82) is 0 Å².